The van der Waals surface area contributed by atoms with Crippen LogP contribution in [0.1, 0.15) is 25.7 Å². The van der Waals surface area contributed by atoms with E-state index in [1.807, 2.05) is 12.1 Å². The maximum atomic E-state index is 6.03. The molecule has 9 nitrogen and oxygen atoms in total. The van der Waals surface area contributed by atoms with Crippen LogP contribution in [0.5, 0.6) is 11.6 Å². The van der Waals surface area contributed by atoms with E-state index < -0.39 is 0 Å². The van der Waals surface area contributed by atoms with Gasteiger partial charge >= 0.3 is 0 Å². The summed E-state index contributed by atoms with van der Waals surface area (Å²) in [6, 6.07) is 4.70. The zero-order valence-corrected chi connectivity index (χ0v) is 18.9. The van der Waals surface area contributed by atoms with Crippen molar-refractivity contribution in [3.8, 4) is 11.6 Å². The van der Waals surface area contributed by atoms with Gasteiger partial charge in [-0.15, -0.1) is 0 Å². The van der Waals surface area contributed by atoms with Gasteiger partial charge in [0.25, 0.3) is 0 Å². The second-order valence-corrected chi connectivity index (χ2v) is 8.78. The number of hydrogen-bond donors (Lipinski definition) is 1. The maximum absolute atomic E-state index is 6.03. The van der Waals surface area contributed by atoms with Gasteiger partial charge in [0.1, 0.15) is 6.61 Å². The van der Waals surface area contributed by atoms with Crippen LogP contribution in [0.2, 0.25) is 0 Å². The molecule has 0 spiro atoms. The molecule has 9 heteroatoms. The number of likely N-dealkylation sites (N-methyl/N-ethyl adjacent to an activating group) is 1. The third-order valence-electron chi connectivity index (χ3n) is 6.91. The normalized spacial score (nSPS) is 22.2. The van der Waals surface area contributed by atoms with E-state index in [-0.39, 0.29) is 0 Å². The van der Waals surface area contributed by atoms with Gasteiger partial charge in [0.2, 0.25) is 11.8 Å². The van der Waals surface area contributed by atoms with Crippen LogP contribution in [0.4, 0.5) is 17.5 Å². The predicted octanol–water partition coefficient (Wildman–Crippen LogP) is 2.58. The average molecular weight is 441 g/mol. The number of ether oxygens (including phenoxy) is 3. The molecule has 172 valence electrons. The Hall–Kier alpha value is -2.81. The molecule has 5 heterocycles. The smallest absolute Gasteiger partial charge is 0.225 e. The Morgan fingerprint density at radius 2 is 1.94 bits per heavy atom. The van der Waals surface area contributed by atoms with Crippen LogP contribution in [-0.4, -0.2) is 74.1 Å². The Morgan fingerprint density at radius 3 is 2.72 bits per heavy atom. The van der Waals surface area contributed by atoms with Gasteiger partial charge in [0.15, 0.2) is 11.6 Å². The SMILES string of the molecule is COc1cc(N2CCC(Nc3ncc4c(n3)N(C)C(C3CCOCC3)CO4)CC2)ccn1. The minimum Gasteiger partial charge on any atom is -0.486 e. The fraction of sp³-hybridized carbons (Fsp3) is 0.609. The highest BCUT2D eigenvalue weighted by atomic mass is 16.5. The fourth-order valence-electron chi connectivity index (χ4n) is 4.95. The lowest BCUT2D eigenvalue weighted by atomic mass is 9.90. The van der Waals surface area contributed by atoms with Crippen LogP contribution >= 0.6 is 0 Å². The zero-order valence-electron chi connectivity index (χ0n) is 18.9. The van der Waals surface area contributed by atoms with Gasteiger partial charge in [0, 0.05) is 57.3 Å². The summed E-state index contributed by atoms with van der Waals surface area (Å²) in [5, 5.41) is 3.55. The third-order valence-corrected chi connectivity index (χ3v) is 6.91. The molecular formula is C23H32N6O3. The van der Waals surface area contributed by atoms with Gasteiger partial charge in [-0.05, 0) is 37.7 Å². The van der Waals surface area contributed by atoms with E-state index in [0.29, 0.717) is 36.4 Å². The molecule has 0 amide bonds. The lowest BCUT2D eigenvalue weighted by molar-refractivity contribution is 0.0493. The van der Waals surface area contributed by atoms with Crippen LogP contribution in [-0.2, 0) is 4.74 Å². The van der Waals surface area contributed by atoms with Crippen molar-refractivity contribution in [2.75, 3.05) is 62.2 Å². The number of piperidine rings is 1. The molecule has 0 radical (unpaired) electrons. The van der Waals surface area contributed by atoms with Crippen LogP contribution < -0.4 is 24.6 Å². The molecular weight excluding hydrogens is 408 g/mol. The summed E-state index contributed by atoms with van der Waals surface area (Å²) in [6.07, 6.45) is 7.78. The second kappa shape index (κ2) is 9.36. The van der Waals surface area contributed by atoms with E-state index in [1.54, 1.807) is 19.5 Å². The molecule has 0 bridgehead atoms. The topological polar surface area (TPSA) is 84.9 Å². The molecule has 3 aliphatic heterocycles. The highest BCUT2D eigenvalue weighted by Crippen LogP contribution is 2.35. The summed E-state index contributed by atoms with van der Waals surface area (Å²) in [6.45, 7) is 4.28. The molecule has 2 aromatic rings. The number of nitrogens with one attached hydrogen (secondary N) is 1. The third kappa shape index (κ3) is 4.39. The number of fused-ring (bicyclic) bond motifs is 1. The van der Waals surface area contributed by atoms with E-state index in [1.165, 1.54) is 0 Å². The van der Waals surface area contributed by atoms with Crippen molar-refractivity contribution in [2.24, 2.45) is 5.92 Å². The molecule has 1 atom stereocenters. The summed E-state index contributed by atoms with van der Waals surface area (Å²) in [5.41, 5.74) is 1.15. The quantitative estimate of drug-likeness (QED) is 0.754. The lowest BCUT2D eigenvalue weighted by Crippen LogP contribution is -2.47. The summed E-state index contributed by atoms with van der Waals surface area (Å²) >= 11 is 0. The van der Waals surface area contributed by atoms with Gasteiger partial charge in [-0.3, -0.25) is 0 Å². The number of nitrogens with zero attached hydrogens (tertiary/aromatic N) is 5. The number of aromatic nitrogens is 3. The molecule has 0 aromatic carbocycles. The van der Waals surface area contributed by atoms with Crippen LogP contribution in [0.25, 0.3) is 0 Å². The molecule has 1 unspecified atom stereocenters. The fourth-order valence-corrected chi connectivity index (χ4v) is 4.95. The summed E-state index contributed by atoms with van der Waals surface area (Å²) < 4.78 is 16.8. The number of methoxy groups -OCH3 is 1. The Balaban J connectivity index is 1.21. The Morgan fingerprint density at radius 1 is 1.12 bits per heavy atom. The Bertz CT molecular complexity index is 914. The van der Waals surface area contributed by atoms with Gasteiger partial charge in [-0.2, -0.15) is 4.98 Å². The molecule has 2 aromatic heterocycles. The first-order valence-corrected chi connectivity index (χ1v) is 11.5. The van der Waals surface area contributed by atoms with Crippen molar-refractivity contribution >= 4 is 17.5 Å². The van der Waals surface area contributed by atoms with Crippen molar-refractivity contribution in [2.45, 2.75) is 37.8 Å². The highest BCUT2D eigenvalue weighted by molar-refractivity contribution is 5.56. The molecule has 2 saturated heterocycles. The van der Waals surface area contributed by atoms with Crippen molar-refractivity contribution in [1.82, 2.24) is 15.0 Å². The first-order chi connectivity index (χ1) is 15.7. The van der Waals surface area contributed by atoms with Crippen molar-refractivity contribution < 1.29 is 14.2 Å². The van der Waals surface area contributed by atoms with E-state index >= 15 is 0 Å². The summed E-state index contributed by atoms with van der Waals surface area (Å²) in [7, 11) is 3.77. The average Bonchev–Trinajstić information content (AvgIpc) is 2.86. The molecule has 0 saturated carbocycles. The standard InChI is InChI=1S/C23H32N6O3/c1-28-19(16-6-11-31-12-7-16)15-32-20-14-25-23(27-22(20)28)26-17-4-9-29(10-5-17)18-3-8-24-21(13-18)30-2/h3,8,13-14,16-17,19H,4-7,9-12,15H2,1-2H3,(H,25,26,27). The van der Waals surface area contributed by atoms with Crippen LogP contribution in [0.15, 0.2) is 24.5 Å². The Labute approximate surface area is 189 Å². The summed E-state index contributed by atoms with van der Waals surface area (Å²) in [5.74, 6) is 3.55. The van der Waals surface area contributed by atoms with Gasteiger partial charge in [-0.1, -0.05) is 0 Å². The number of pyridine rings is 1. The monoisotopic (exact) mass is 440 g/mol. The predicted molar refractivity (Wildman–Crippen MR) is 123 cm³/mol. The van der Waals surface area contributed by atoms with Gasteiger partial charge < -0.3 is 29.3 Å². The van der Waals surface area contributed by atoms with Crippen molar-refractivity contribution in [3.63, 3.8) is 0 Å². The first kappa shape index (κ1) is 21.1. The largest absolute Gasteiger partial charge is 0.486 e. The number of rotatable bonds is 5. The molecule has 1 N–H and O–H groups in total. The molecule has 32 heavy (non-hydrogen) atoms. The van der Waals surface area contributed by atoms with Gasteiger partial charge in [-0.25, -0.2) is 9.97 Å². The Kier molecular flexibility index (Phi) is 6.16. The van der Waals surface area contributed by atoms with E-state index in [0.717, 1.165) is 69.2 Å². The van der Waals surface area contributed by atoms with Crippen molar-refractivity contribution in [1.29, 1.82) is 0 Å². The molecule has 5 rings (SSSR count). The van der Waals surface area contributed by atoms with E-state index in [9.17, 15) is 0 Å². The number of anilines is 3. The van der Waals surface area contributed by atoms with E-state index in [4.69, 9.17) is 19.2 Å². The van der Waals surface area contributed by atoms with Crippen LogP contribution in [0.3, 0.4) is 0 Å². The summed E-state index contributed by atoms with van der Waals surface area (Å²) in [4.78, 5) is 18.2. The molecule has 0 aliphatic carbocycles. The minimum absolute atomic E-state index is 0.328. The van der Waals surface area contributed by atoms with Crippen LogP contribution in [0, 0.1) is 5.92 Å². The maximum Gasteiger partial charge on any atom is 0.225 e. The number of hydrogen-bond acceptors (Lipinski definition) is 9. The highest BCUT2D eigenvalue weighted by Gasteiger charge is 2.34. The van der Waals surface area contributed by atoms with Gasteiger partial charge in [0.05, 0.1) is 19.3 Å². The lowest BCUT2D eigenvalue weighted by Gasteiger charge is -2.40. The molecule has 3 aliphatic rings. The molecule has 2 fully saturated rings. The second-order valence-electron chi connectivity index (χ2n) is 8.78. The van der Waals surface area contributed by atoms with Crippen molar-refractivity contribution in [3.05, 3.63) is 24.5 Å². The first-order valence-electron chi connectivity index (χ1n) is 11.5. The van der Waals surface area contributed by atoms with E-state index in [2.05, 4.69) is 32.1 Å². The zero-order chi connectivity index (χ0) is 21.9. The minimum atomic E-state index is 0.328.